The molecule has 0 saturated carbocycles. The first-order valence-corrected chi connectivity index (χ1v) is 8.38. The number of fused-ring (bicyclic) bond motifs is 1. The zero-order valence-electron chi connectivity index (χ0n) is 13.4. The number of aryl methyl sites for hydroxylation is 2. The van der Waals surface area contributed by atoms with Crippen molar-refractivity contribution in [2.24, 2.45) is 0 Å². The first-order valence-electron chi connectivity index (χ1n) is 7.40. The normalized spacial score (nSPS) is 11.1. The zero-order valence-corrected chi connectivity index (χ0v) is 14.3. The Morgan fingerprint density at radius 2 is 2.17 bits per heavy atom. The van der Waals surface area contributed by atoms with Gasteiger partial charge >= 0.3 is 5.63 Å². The monoisotopic (exact) mass is 343 g/mol. The smallest absolute Gasteiger partial charge is 0.336 e. The quantitative estimate of drug-likeness (QED) is 0.435. The number of hydrogen-bond donors (Lipinski definition) is 1. The second-order valence-corrected chi connectivity index (χ2v) is 6.34. The minimum absolute atomic E-state index is 0.108. The highest BCUT2D eigenvalue weighted by atomic mass is 32.2. The largest absolute Gasteiger partial charge is 0.508 e. The summed E-state index contributed by atoms with van der Waals surface area (Å²) in [4.78, 5) is 11.8. The molecule has 2 heterocycles. The molecule has 0 unspecified atom stereocenters. The minimum Gasteiger partial charge on any atom is -0.508 e. The molecule has 0 radical (unpaired) electrons. The van der Waals surface area contributed by atoms with Crippen LogP contribution in [0.15, 0.2) is 45.2 Å². The van der Waals surface area contributed by atoms with Crippen LogP contribution in [0.2, 0.25) is 0 Å². The van der Waals surface area contributed by atoms with Gasteiger partial charge in [0.05, 0.1) is 0 Å². The maximum Gasteiger partial charge on any atom is 0.336 e. The van der Waals surface area contributed by atoms with E-state index < -0.39 is 5.63 Å². The fourth-order valence-corrected chi connectivity index (χ4v) is 3.47. The number of thioether (sulfide) groups is 1. The Kier molecular flexibility index (Phi) is 4.44. The van der Waals surface area contributed by atoms with Gasteiger partial charge in [-0.3, -0.25) is 0 Å². The molecule has 1 aromatic carbocycles. The van der Waals surface area contributed by atoms with E-state index in [1.165, 1.54) is 17.8 Å². The number of aromatic nitrogens is 3. The lowest BCUT2D eigenvalue weighted by Gasteiger charge is -2.09. The van der Waals surface area contributed by atoms with Crippen LogP contribution in [0, 0.1) is 13.8 Å². The lowest BCUT2D eigenvalue weighted by atomic mass is 10.1. The summed E-state index contributed by atoms with van der Waals surface area (Å²) in [6, 6.07) is 4.85. The Hall–Kier alpha value is -2.54. The number of aromatic hydroxyl groups is 1. The van der Waals surface area contributed by atoms with E-state index in [1.54, 1.807) is 25.1 Å². The van der Waals surface area contributed by atoms with Crippen molar-refractivity contribution in [3.63, 3.8) is 0 Å². The molecule has 3 rings (SSSR count). The third-order valence-corrected chi connectivity index (χ3v) is 4.80. The van der Waals surface area contributed by atoms with E-state index in [0.29, 0.717) is 23.4 Å². The van der Waals surface area contributed by atoms with Gasteiger partial charge in [0.2, 0.25) is 0 Å². The van der Waals surface area contributed by atoms with Gasteiger partial charge in [0.15, 0.2) is 5.16 Å². The zero-order chi connectivity index (χ0) is 17.3. The third kappa shape index (κ3) is 2.94. The van der Waals surface area contributed by atoms with Crippen LogP contribution in [-0.2, 0) is 12.3 Å². The Morgan fingerprint density at radius 3 is 2.92 bits per heavy atom. The van der Waals surface area contributed by atoms with Gasteiger partial charge < -0.3 is 14.1 Å². The number of rotatable bonds is 5. The molecule has 2 aromatic heterocycles. The molecule has 0 atom stereocenters. The van der Waals surface area contributed by atoms with Crippen LogP contribution in [0.5, 0.6) is 5.75 Å². The van der Waals surface area contributed by atoms with Crippen molar-refractivity contribution in [3.8, 4) is 5.75 Å². The Balaban J connectivity index is 1.98. The highest BCUT2D eigenvalue weighted by Crippen LogP contribution is 2.30. The van der Waals surface area contributed by atoms with E-state index in [1.807, 2.05) is 11.5 Å². The predicted octanol–water partition coefficient (Wildman–Crippen LogP) is 3.19. The molecule has 7 heteroatoms. The Labute approximate surface area is 142 Å². The molecule has 0 aliphatic heterocycles. The van der Waals surface area contributed by atoms with Crippen LogP contribution in [0.25, 0.3) is 11.0 Å². The number of hydrogen-bond acceptors (Lipinski definition) is 6. The summed E-state index contributed by atoms with van der Waals surface area (Å²) in [5.41, 5.74) is 1.37. The summed E-state index contributed by atoms with van der Waals surface area (Å²) in [5, 5.41) is 19.6. The standard InChI is InChI=1S/C17H17N3O3S/c1-4-7-20-11(3)18-19-17(20)24-9-12-8-15(22)23-16-10(2)14(21)6-5-13(12)16/h4-6,8,21H,1,7,9H2,2-3H3. The molecule has 0 aliphatic rings. The molecule has 0 spiro atoms. The average molecular weight is 343 g/mol. The fourth-order valence-electron chi connectivity index (χ4n) is 2.49. The maximum absolute atomic E-state index is 11.8. The SMILES string of the molecule is C=CCn1c(C)nnc1SCc1cc(=O)oc2c(C)c(O)ccc12. The van der Waals surface area contributed by atoms with E-state index in [2.05, 4.69) is 16.8 Å². The van der Waals surface area contributed by atoms with Crippen molar-refractivity contribution in [1.29, 1.82) is 0 Å². The minimum atomic E-state index is -0.435. The molecule has 24 heavy (non-hydrogen) atoms. The highest BCUT2D eigenvalue weighted by molar-refractivity contribution is 7.98. The summed E-state index contributed by atoms with van der Waals surface area (Å²) in [6.45, 7) is 7.99. The van der Waals surface area contributed by atoms with Crippen LogP contribution in [0.3, 0.4) is 0 Å². The molecule has 0 bridgehead atoms. The van der Waals surface area contributed by atoms with Crippen molar-refractivity contribution in [3.05, 3.63) is 58.2 Å². The van der Waals surface area contributed by atoms with Crippen molar-refractivity contribution < 1.29 is 9.52 Å². The highest BCUT2D eigenvalue weighted by Gasteiger charge is 2.13. The number of allylic oxidation sites excluding steroid dienone is 1. The van der Waals surface area contributed by atoms with Gasteiger partial charge in [-0.25, -0.2) is 4.79 Å². The van der Waals surface area contributed by atoms with Crippen LogP contribution >= 0.6 is 11.8 Å². The third-order valence-electron chi connectivity index (χ3n) is 3.79. The summed E-state index contributed by atoms with van der Waals surface area (Å²) in [6.07, 6.45) is 1.79. The van der Waals surface area contributed by atoms with Crippen molar-refractivity contribution in [2.75, 3.05) is 0 Å². The van der Waals surface area contributed by atoms with Gasteiger partial charge in [-0.1, -0.05) is 17.8 Å². The van der Waals surface area contributed by atoms with Crippen molar-refractivity contribution >= 4 is 22.7 Å². The van der Waals surface area contributed by atoms with Crippen LogP contribution < -0.4 is 5.63 Å². The summed E-state index contributed by atoms with van der Waals surface area (Å²) >= 11 is 1.49. The molecule has 3 aromatic rings. The lowest BCUT2D eigenvalue weighted by Crippen LogP contribution is -2.02. The van der Waals surface area contributed by atoms with Gasteiger partial charge in [-0.05, 0) is 31.5 Å². The molecule has 1 N–H and O–H groups in total. The number of nitrogens with zero attached hydrogens (tertiary/aromatic N) is 3. The molecule has 0 aliphatic carbocycles. The predicted molar refractivity (Wildman–Crippen MR) is 93.4 cm³/mol. The van der Waals surface area contributed by atoms with E-state index >= 15 is 0 Å². The van der Waals surface area contributed by atoms with Crippen LogP contribution in [0.4, 0.5) is 0 Å². The number of phenolic OH excluding ortho intramolecular Hbond substituents is 1. The lowest BCUT2D eigenvalue weighted by molar-refractivity contribution is 0.468. The van der Waals surface area contributed by atoms with Crippen molar-refractivity contribution in [2.45, 2.75) is 31.3 Å². The molecular weight excluding hydrogens is 326 g/mol. The van der Waals surface area contributed by atoms with Crippen LogP contribution in [-0.4, -0.2) is 19.9 Å². The van der Waals surface area contributed by atoms with Gasteiger partial charge in [0, 0.05) is 29.3 Å². The second-order valence-electron chi connectivity index (χ2n) is 5.39. The first-order chi connectivity index (χ1) is 11.5. The van der Waals surface area contributed by atoms with Crippen molar-refractivity contribution in [1.82, 2.24) is 14.8 Å². The van der Waals surface area contributed by atoms with E-state index in [4.69, 9.17) is 4.42 Å². The Morgan fingerprint density at radius 1 is 1.38 bits per heavy atom. The van der Waals surface area contributed by atoms with E-state index in [0.717, 1.165) is 21.9 Å². The van der Waals surface area contributed by atoms with Gasteiger partial charge in [0.25, 0.3) is 0 Å². The second kappa shape index (κ2) is 6.52. The van der Waals surface area contributed by atoms with E-state index in [9.17, 15) is 9.90 Å². The topological polar surface area (TPSA) is 81.2 Å². The molecule has 0 saturated heterocycles. The number of benzene rings is 1. The fraction of sp³-hybridized carbons (Fsp3) is 0.235. The maximum atomic E-state index is 11.8. The first kappa shape index (κ1) is 16.3. The average Bonchev–Trinajstić information content (AvgIpc) is 2.90. The van der Waals surface area contributed by atoms with Gasteiger partial charge in [-0.15, -0.1) is 16.8 Å². The molecule has 124 valence electrons. The number of phenols is 1. The van der Waals surface area contributed by atoms with E-state index in [-0.39, 0.29) is 5.75 Å². The molecular formula is C17H17N3O3S. The Bertz CT molecular complexity index is 975. The molecule has 0 amide bonds. The van der Waals surface area contributed by atoms with Gasteiger partial charge in [0.1, 0.15) is 17.2 Å². The molecule has 6 nitrogen and oxygen atoms in total. The molecule has 0 fully saturated rings. The summed E-state index contributed by atoms with van der Waals surface area (Å²) < 4.78 is 7.22. The van der Waals surface area contributed by atoms with Gasteiger partial charge in [-0.2, -0.15) is 0 Å². The summed E-state index contributed by atoms with van der Waals surface area (Å²) in [5.74, 6) is 1.47. The van der Waals surface area contributed by atoms with Crippen LogP contribution in [0.1, 0.15) is 17.0 Å². The summed E-state index contributed by atoms with van der Waals surface area (Å²) in [7, 11) is 0.